The van der Waals surface area contributed by atoms with Gasteiger partial charge in [0, 0.05) is 30.2 Å². The van der Waals surface area contributed by atoms with Crippen LogP contribution in [0.15, 0.2) is 60.8 Å². The summed E-state index contributed by atoms with van der Waals surface area (Å²) in [5.74, 6) is -0.957. The molecule has 1 aliphatic rings. The minimum atomic E-state index is -0.945. The molecule has 1 aromatic heterocycles. The number of hydrogen-bond donors (Lipinski definition) is 3. The number of halogens is 1. The highest BCUT2D eigenvalue weighted by molar-refractivity contribution is 5.87. The highest BCUT2D eigenvalue weighted by atomic mass is 35.5. The first-order valence-electron chi connectivity index (χ1n) is 9.89. The molecule has 0 bridgehead atoms. The summed E-state index contributed by atoms with van der Waals surface area (Å²) >= 11 is 0. The molecule has 7 heteroatoms. The van der Waals surface area contributed by atoms with Gasteiger partial charge < -0.3 is 20.7 Å². The molecule has 1 atom stereocenters. The van der Waals surface area contributed by atoms with Crippen LogP contribution in [0, 0.1) is 0 Å². The average molecular weight is 428 g/mol. The Morgan fingerprint density at radius 3 is 2.37 bits per heavy atom. The number of carbonyl (C=O) groups excluding carboxylic acids is 1. The molecule has 0 saturated carbocycles. The largest absolute Gasteiger partial charge is 0.481 e. The van der Waals surface area contributed by atoms with Crippen molar-refractivity contribution in [3.05, 3.63) is 71.9 Å². The van der Waals surface area contributed by atoms with Crippen LogP contribution < -0.4 is 5.73 Å². The molecule has 158 valence electrons. The van der Waals surface area contributed by atoms with E-state index in [9.17, 15) is 14.7 Å². The normalized spacial score (nSPS) is 16.6. The molecule has 4 rings (SSSR count). The van der Waals surface area contributed by atoms with Crippen molar-refractivity contribution in [1.82, 2.24) is 9.88 Å². The van der Waals surface area contributed by atoms with Crippen molar-refractivity contribution in [2.45, 2.75) is 30.7 Å². The highest BCUT2D eigenvalue weighted by Crippen LogP contribution is 2.36. The number of likely N-dealkylation sites (tertiary alicyclic amines) is 1. The van der Waals surface area contributed by atoms with Crippen molar-refractivity contribution < 1.29 is 14.7 Å². The van der Waals surface area contributed by atoms with Crippen LogP contribution >= 0.6 is 12.4 Å². The fourth-order valence-electron chi connectivity index (χ4n) is 4.35. The van der Waals surface area contributed by atoms with Gasteiger partial charge in [-0.25, -0.2) is 0 Å². The third kappa shape index (κ3) is 3.93. The Morgan fingerprint density at radius 2 is 1.70 bits per heavy atom. The Balaban J connectivity index is 0.00000256. The van der Waals surface area contributed by atoms with Crippen LogP contribution in [0.25, 0.3) is 10.9 Å². The van der Waals surface area contributed by atoms with Gasteiger partial charge in [0.25, 0.3) is 0 Å². The first-order valence-corrected chi connectivity index (χ1v) is 9.89. The van der Waals surface area contributed by atoms with E-state index in [4.69, 9.17) is 5.73 Å². The summed E-state index contributed by atoms with van der Waals surface area (Å²) < 4.78 is 0. The van der Waals surface area contributed by atoms with Gasteiger partial charge in [0.05, 0.1) is 11.5 Å². The summed E-state index contributed by atoms with van der Waals surface area (Å²) in [4.78, 5) is 29.9. The van der Waals surface area contributed by atoms with Gasteiger partial charge in [0.1, 0.15) is 0 Å². The van der Waals surface area contributed by atoms with E-state index in [-0.39, 0.29) is 18.3 Å². The van der Waals surface area contributed by atoms with Crippen molar-refractivity contribution in [1.29, 1.82) is 0 Å². The Labute approximate surface area is 181 Å². The van der Waals surface area contributed by atoms with Gasteiger partial charge in [-0.05, 0) is 36.5 Å². The standard InChI is InChI=1S/C23H25N3O3.ClH/c24-19(14-16-15-25-20-9-5-4-8-18(16)20)21(27)26-12-10-23(11-13-26,22(28)29)17-6-2-1-3-7-17;/h1-9,15,19,25H,10-14,24H2,(H,28,29);1H/t19-;/m0./s1. The van der Waals surface area contributed by atoms with Crippen LogP contribution in [-0.4, -0.2) is 46.0 Å². The lowest BCUT2D eigenvalue weighted by Gasteiger charge is -2.40. The lowest BCUT2D eigenvalue weighted by atomic mass is 9.72. The van der Waals surface area contributed by atoms with Crippen LogP contribution in [-0.2, 0) is 21.4 Å². The number of carboxylic acid groups (broad SMARTS) is 1. The second-order valence-electron chi connectivity index (χ2n) is 7.75. The molecule has 1 saturated heterocycles. The molecule has 0 spiro atoms. The summed E-state index contributed by atoms with van der Waals surface area (Å²) in [6.45, 7) is 0.781. The van der Waals surface area contributed by atoms with Gasteiger partial charge in [0.15, 0.2) is 0 Å². The summed E-state index contributed by atoms with van der Waals surface area (Å²) in [5, 5.41) is 11.0. The van der Waals surface area contributed by atoms with Crippen LogP contribution in [0.5, 0.6) is 0 Å². The van der Waals surface area contributed by atoms with E-state index in [0.29, 0.717) is 32.4 Å². The number of para-hydroxylation sites is 1. The number of carbonyl (C=O) groups is 2. The molecule has 1 amide bonds. The Bertz CT molecular complexity index is 1030. The predicted octanol–water partition coefficient (Wildman–Crippen LogP) is 3.10. The van der Waals surface area contributed by atoms with E-state index in [1.807, 2.05) is 60.8 Å². The number of carboxylic acids is 1. The number of amides is 1. The maximum Gasteiger partial charge on any atom is 0.314 e. The molecule has 1 aliphatic heterocycles. The first-order chi connectivity index (χ1) is 14.0. The Kier molecular flexibility index (Phi) is 6.48. The average Bonchev–Trinajstić information content (AvgIpc) is 3.16. The third-order valence-electron chi connectivity index (χ3n) is 6.10. The van der Waals surface area contributed by atoms with E-state index in [1.54, 1.807) is 4.90 Å². The zero-order valence-corrected chi connectivity index (χ0v) is 17.4. The van der Waals surface area contributed by atoms with Crippen LogP contribution in [0.4, 0.5) is 0 Å². The smallest absolute Gasteiger partial charge is 0.314 e. The van der Waals surface area contributed by atoms with E-state index >= 15 is 0 Å². The van der Waals surface area contributed by atoms with Crippen LogP contribution in [0.1, 0.15) is 24.0 Å². The molecule has 4 N–H and O–H groups in total. The molecule has 3 aromatic rings. The number of piperidine rings is 1. The number of hydrogen-bond acceptors (Lipinski definition) is 3. The highest BCUT2D eigenvalue weighted by Gasteiger charge is 2.44. The lowest BCUT2D eigenvalue weighted by Crippen LogP contribution is -2.53. The van der Waals surface area contributed by atoms with E-state index < -0.39 is 17.4 Å². The number of H-pyrrole nitrogens is 1. The second kappa shape index (κ2) is 8.90. The molecule has 1 fully saturated rings. The van der Waals surface area contributed by atoms with Crippen LogP contribution in [0.2, 0.25) is 0 Å². The predicted molar refractivity (Wildman–Crippen MR) is 119 cm³/mol. The SMILES string of the molecule is Cl.N[C@@H](Cc1c[nH]c2ccccc12)C(=O)N1CCC(C(=O)O)(c2ccccc2)CC1. The number of fused-ring (bicyclic) bond motifs is 1. The van der Waals surface area contributed by atoms with Crippen molar-refractivity contribution in [3.8, 4) is 0 Å². The van der Waals surface area contributed by atoms with Crippen LogP contribution in [0.3, 0.4) is 0 Å². The molecule has 6 nitrogen and oxygen atoms in total. The molecule has 30 heavy (non-hydrogen) atoms. The van der Waals surface area contributed by atoms with E-state index in [0.717, 1.165) is 22.0 Å². The topological polar surface area (TPSA) is 99.4 Å². The zero-order valence-electron chi connectivity index (χ0n) is 16.6. The fourth-order valence-corrected chi connectivity index (χ4v) is 4.35. The summed E-state index contributed by atoms with van der Waals surface area (Å²) in [7, 11) is 0. The van der Waals surface area contributed by atoms with Gasteiger partial charge in [-0.2, -0.15) is 0 Å². The number of aromatic amines is 1. The molecular formula is C23H26ClN3O3. The summed E-state index contributed by atoms with van der Waals surface area (Å²) in [6.07, 6.45) is 3.12. The minimum Gasteiger partial charge on any atom is -0.481 e. The second-order valence-corrected chi connectivity index (χ2v) is 7.75. The van der Waals surface area contributed by atoms with E-state index in [2.05, 4.69) is 4.98 Å². The minimum absolute atomic E-state index is 0. The van der Waals surface area contributed by atoms with E-state index in [1.165, 1.54) is 0 Å². The fraction of sp³-hybridized carbons (Fsp3) is 0.304. The molecule has 0 radical (unpaired) electrons. The Morgan fingerprint density at radius 1 is 1.07 bits per heavy atom. The van der Waals surface area contributed by atoms with Crippen molar-refractivity contribution in [2.24, 2.45) is 5.73 Å². The number of aliphatic carboxylic acids is 1. The van der Waals surface area contributed by atoms with Gasteiger partial charge in [-0.3, -0.25) is 9.59 Å². The third-order valence-corrected chi connectivity index (χ3v) is 6.10. The van der Waals surface area contributed by atoms with Gasteiger partial charge in [-0.1, -0.05) is 48.5 Å². The van der Waals surface area contributed by atoms with Crippen molar-refractivity contribution in [3.63, 3.8) is 0 Å². The van der Waals surface area contributed by atoms with Gasteiger partial charge >= 0.3 is 5.97 Å². The van der Waals surface area contributed by atoms with Crippen molar-refractivity contribution >= 4 is 35.2 Å². The zero-order chi connectivity index (χ0) is 20.4. The maximum absolute atomic E-state index is 12.9. The summed E-state index contributed by atoms with van der Waals surface area (Å²) in [5.41, 5.74) is 8.13. The monoisotopic (exact) mass is 427 g/mol. The first kappa shape index (κ1) is 21.9. The number of nitrogens with two attached hydrogens (primary N) is 1. The quantitative estimate of drug-likeness (QED) is 0.582. The maximum atomic E-state index is 12.9. The van der Waals surface area contributed by atoms with Gasteiger partial charge in [-0.15, -0.1) is 12.4 Å². The molecule has 0 unspecified atom stereocenters. The molecule has 2 heterocycles. The number of nitrogens with zero attached hydrogens (tertiary/aromatic N) is 1. The molecule has 0 aliphatic carbocycles. The lowest BCUT2D eigenvalue weighted by molar-refractivity contribution is -0.148. The molecule has 2 aromatic carbocycles. The van der Waals surface area contributed by atoms with Gasteiger partial charge in [0.2, 0.25) is 5.91 Å². The van der Waals surface area contributed by atoms with Crippen molar-refractivity contribution in [2.75, 3.05) is 13.1 Å². The number of aromatic nitrogens is 1. The Hall–Kier alpha value is -2.83. The number of rotatable bonds is 5. The summed E-state index contributed by atoms with van der Waals surface area (Å²) in [6, 6.07) is 16.6. The number of nitrogens with one attached hydrogen (secondary N) is 1. The molecular weight excluding hydrogens is 402 g/mol. The number of benzene rings is 2.